The maximum atomic E-state index is 6.14. The molecule has 3 nitrogen and oxygen atoms in total. The van der Waals surface area contributed by atoms with Crippen molar-refractivity contribution in [3.63, 3.8) is 0 Å². The molecule has 0 atom stereocenters. The van der Waals surface area contributed by atoms with E-state index in [-0.39, 0.29) is 0 Å². The van der Waals surface area contributed by atoms with Gasteiger partial charge in [-0.3, -0.25) is 0 Å². The van der Waals surface area contributed by atoms with Crippen molar-refractivity contribution in [3.8, 4) is 5.75 Å². The number of nitrogens with one attached hydrogen (secondary N) is 1. The van der Waals surface area contributed by atoms with Gasteiger partial charge in [-0.15, -0.1) is 0 Å². The second-order valence-electron chi connectivity index (χ2n) is 4.47. The Morgan fingerprint density at radius 3 is 2.67 bits per heavy atom. The van der Waals surface area contributed by atoms with E-state index in [1.54, 1.807) is 0 Å². The number of hydrogen-bond acceptors (Lipinski definition) is 3. The molecule has 0 unspecified atom stereocenters. The SMILES string of the molecule is CCOc1ccc(NC2CC(OCC)C2)cc1Cl. The molecule has 4 heteroatoms. The standard InChI is InChI=1S/C14H20ClNO2/c1-3-17-12-7-11(8-12)16-10-5-6-14(18-4-2)13(15)9-10/h5-6,9,11-12,16H,3-4,7-8H2,1-2H3. The van der Waals surface area contributed by atoms with Gasteiger partial charge >= 0.3 is 0 Å². The van der Waals surface area contributed by atoms with Crippen molar-refractivity contribution < 1.29 is 9.47 Å². The molecule has 1 saturated carbocycles. The summed E-state index contributed by atoms with van der Waals surface area (Å²) in [5, 5.41) is 4.11. The predicted molar refractivity (Wildman–Crippen MR) is 74.7 cm³/mol. The number of halogens is 1. The Labute approximate surface area is 113 Å². The van der Waals surface area contributed by atoms with Crippen LogP contribution in [0.15, 0.2) is 18.2 Å². The molecule has 1 aliphatic rings. The lowest BCUT2D eigenvalue weighted by molar-refractivity contribution is 0.00299. The molecular formula is C14H20ClNO2. The van der Waals surface area contributed by atoms with Crippen molar-refractivity contribution >= 4 is 17.3 Å². The average Bonchev–Trinajstić information content (AvgIpc) is 2.30. The summed E-state index contributed by atoms with van der Waals surface area (Å²) in [5.41, 5.74) is 1.04. The van der Waals surface area contributed by atoms with Crippen LogP contribution < -0.4 is 10.1 Å². The van der Waals surface area contributed by atoms with E-state index in [9.17, 15) is 0 Å². The van der Waals surface area contributed by atoms with Crippen LogP contribution in [-0.2, 0) is 4.74 Å². The van der Waals surface area contributed by atoms with Gasteiger partial charge in [0.05, 0.1) is 17.7 Å². The summed E-state index contributed by atoms with van der Waals surface area (Å²) in [6, 6.07) is 6.33. The summed E-state index contributed by atoms with van der Waals surface area (Å²) in [4.78, 5) is 0. The molecular weight excluding hydrogens is 250 g/mol. The number of rotatable bonds is 6. The molecule has 1 fully saturated rings. The minimum atomic E-state index is 0.422. The predicted octanol–water partition coefficient (Wildman–Crippen LogP) is 3.72. The van der Waals surface area contributed by atoms with Crippen LogP contribution in [0.1, 0.15) is 26.7 Å². The average molecular weight is 270 g/mol. The first-order valence-corrected chi connectivity index (χ1v) is 6.91. The van der Waals surface area contributed by atoms with Crippen LogP contribution in [0.3, 0.4) is 0 Å². The van der Waals surface area contributed by atoms with Crippen LogP contribution in [0.5, 0.6) is 5.75 Å². The lowest BCUT2D eigenvalue weighted by Crippen LogP contribution is -2.40. The molecule has 0 heterocycles. The van der Waals surface area contributed by atoms with E-state index in [0.717, 1.165) is 30.9 Å². The zero-order valence-corrected chi connectivity index (χ0v) is 11.7. The minimum absolute atomic E-state index is 0.422. The lowest BCUT2D eigenvalue weighted by Gasteiger charge is -2.36. The Balaban J connectivity index is 1.85. The summed E-state index contributed by atoms with van der Waals surface area (Å²) in [6.45, 7) is 5.41. The van der Waals surface area contributed by atoms with E-state index in [4.69, 9.17) is 21.1 Å². The Kier molecular flexibility index (Phi) is 4.72. The van der Waals surface area contributed by atoms with Crippen LogP contribution in [-0.4, -0.2) is 25.4 Å². The van der Waals surface area contributed by atoms with Crippen molar-refractivity contribution in [1.82, 2.24) is 0 Å². The van der Waals surface area contributed by atoms with E-state index < -0.39 is 0 Å². The summed E-state index contributed by atoms with van der Waals surface area (Å²) < 4.78 is 10.9. The number of hydrogen-bond donors (Lipinski definition) is 1. The van der Waals surface area contributed by atoms with Gasteiger partial charge in [0.2, 0.25) is 0 Å². The van der Waals surface area contributed by atoms with Gasteiger partial charge in [0, 0.05) is 18.3 Å². The van der Waals surface area contributed by atoms with E-state index in [1.807, 2.05) is 32.0 Å². The minimum Gasteiger partial charge on any atom is -0.492 e. The first-order chi connectivity index (χ1) is 8.72. The monoisotopic (exact) mass is 269 g/mol. The third kappa shape index (κ3) is 3.30. The topological polar surface area (TPSA) is 30.5 Å². The number of ether oxygens (including phenoxy) is 2. The molecule has 100 valence electrons. The largest absolute Gasteiger partial charge is 0.492 e. The van der Waals surface area contributed by atoms with E-state index in [1.165, 1.54) is 0 Å². The van der Waals surface area contributed by atoms with Gasteiger partial charge in [-0.25, -0.2) is 0 Å². The highest BCUT2D eigenvalue weighted by Crippen LogP contribution is 2.31. The molecule has 1 aromatic carbocycles. The Hall–Kier alpha value is -0.930. The molecule has 1 aliphatic carbocycles. The van der Waals surface area contributed by atoms with Gasteiger partial charge in [0.25, 0.3) is 0 Å². The van der Waals surface area contributed by atoms with Crippen molar-refractivity contribution in [2.45, 2.75) is 38.8 Å². The van der Waals surface area contributed by atoms with Gasteiger partial charge in [-0.05, 0) is 44.9 Å². The van der Waals surface area contributed by atoms with Gasteiger partial charge in [-0.1, -0.05) is 11.6 Å². The van der Waals surface area contributed by atoms with Gasteiger partial charge in [0.1, 0.15) is 5.75 Å². The molecule has 1 aromatic rings. The highest BCUT2D eigenvalue weighted by atomic mass is 35.5. The third-order valence-corrected chi connectivity index (χ3v) is 3.40. The van der Waals surface area contributed by atoms with Crippen molar-refractivity contribution in [3.05, 3.63) is 23.2 Å². The first kappa shape index (κ1) is 13.5. The van der Waals surface area contributed by atoms with Crippen LogP contribution in [0, 0.1) is 0 Å². The smallest absolute Gasteiger partial charge is 0.138 e. The van der Waals surface area contributed by atoms with Crippen LogP contribution in [0.25, 0.3) is 0 Å². The molecule has 0 radical (unpaired) electrons. The van der Waals surface area contributed by atoms with E-state index in [0.29, 0.717) is 23.8 Å². The Bertz CT molecular complexity index is 391. The highest BCUT2D eigenvalue weighted by Gasteiger charge is 2.29. The maximum Gasteiger partial charge on any atom is 0.138 e. The van der Waals surface area contributed by atoms with Gasteiger partial charge in [-0.2, -0.15) is 0 Å². The molecule has 18 heavy (non-hydrogen) atoms. The fourth-order valence-corrected chi connectivity index (χ4v) is 2.39. The molecule has 0 spiro atoms. The fraction of sp³-hybridized carbons (Fsp3) is 0.571. The van der Waals surface area contributed by atoms with Crippen molar-refractivity contribution in [2.24, 2.45) is 0 Å². The van der Waals surface area contributed by atoms with Gasteiger partial charge in [0.15, 0.2) is 0 Å². The first-order valence-electron chi connectivity index (χ1n) is 6.53. The van der Waals surface area contributed by atoms with Crippen LogP contribution >= 0.6 is 11.6 Å². The van der Waals surface area contributed by atoms with Crippen molar-refractivity contribution in [2.75, 3.05) is 18.5 Å². The highest BCUT2D eigenvalue weighted by molar-refractivity contribution is 6.32. The second kappa shape index (κ2) is 6.30. The van der Waals surface area contributed by atoms with Crippen molar-refractivity contribution in [1.29, 1.82) is 0 Å². The lowest BCUT2D eigenvalue weighted by atomic mass is 9.89. The van der Waals surface area contributed by atoms with E-state index >= 15 is 0 Å². The zero-order chi connectivity index (χ0) is 13.0. The Morgan fingerprint density at radius 1 is 1.28 bits per heavy atom. The molecule has 1 N–H and O–H groups in total. The summed E-state index contributed by atoms with van der Waals surface area (Å²) in [7, 11) is 0. The van der Waals surface area contributed by atoms with Crippen LogP contribution in [0.4, 0.5) is 5.69 Å². The van der Waals surface area contributed by atoms with Gasteiger partial charge < -0.3 is 14.8 Å². The third-order valence-electron chi connectivity index (χ3n) is 3.10. The molecule has 0 saturated heterocycles. The fourth-order valence-electron chi connectivity index (χ4n) is 2.15. The summed E-state index contributed by atoms with van der Waals surface area (Å²) in [5.74, 6) is 0.741. The quantitative estimate of drug-likeness (QED) is 0.854. The number of benzene rings is 1. The van der Waals surface area contributed by atoms with Crippen LogP contribution in [0.2, 0.25) is 5.02 Å². The molecule has 0 aliphatic heterocycles. The normalized spacial score (nSPS) is 22.4. The second-order valence-corrected chi connectivity index (χ2v) is 4.88. The van der Waals surface area contributed by atoms with E-state index in [2.05, 4.69) is 5.32 Å². The molecule has 0 amide bonds. The molecule has 0 bridgehead atoms. The summed E-state index contributed by atoms with van der Waals surface area (Å²) >= 11 is 6.14. The number of anilines is 1. The summed E-state index contributed by atoms with van der Waals surface area (Å²) in [6.07, 6.45) is 2.56. The Morgan fingerprint density at radius 2 is 2.06 bits per heavy atom. The maximum absolute atomic E-state index is 6.14. The molecule has 2 rings (SSSR count). The molecule has 0 aromatic heterocycles. The zero-order valence-electron chi connectivity index (χ0n) is 10.9.